The van der Waals surface area contributed by atoms with Gasteiger partial charge in [0.25, 0.3) is 5.91 Å². The Morgan fingerprint density at radius 2 is 1.40 bits per heavy atom. The molecule has 0 bridgehead atoms. The number of benzene rings is 3. The Labute approximate surface area is 208 Å². The van der Waals surface area contributed by atoms with E-state index in [0.29, 0.717) is 19.0 Å². The Hall–Kier alpha value is -3.88. The van der Waals surface area contributed by atoms with Crippen LogP contribution in [0.1, 0.15) is 42.5 Å². The second kappa shape index (κ2) is 11.5. The highest BCUT2D eigenvalue weighted by Gasteiger charge is 2.29. The molecule has 3 aromatic carbocycles. The second-order valence-electron chi connectivity index (χ2n) is 9.11. The minimum atomic E-state index is -0.224. The first kappa shape index (κ1) is 24.3. The number of nitrogens with one attached hydrogen (secondary N) is 1. The molecule has 35 heavy (non-hydrogen) atoms. The average Bonchev–Trinajstić information content (AvgIpc) is 2.91. The maximum atomic E-state index is 13.2. The number of hydrogen-bond donors (Lipinski definition) is 1. The zero-order chi connectivity index (χ0) is 24.6. The average molecular weight is 465 g/mol. The Morgan fingerprint density at radius 1 is 0.857 bits per heavy atom. The summed E-state index contributed by atoms with van der Waals surface area (Å²) >= 11 is 0. The standard InChI is InChI=1S/C30H32N4O/c1-23(2)27-15-9-10-16-28(27)32-22-26(21-31)30(35)34-19-17-33(18-20-34)29(24-11-5-3-6-12-24)25-13-7-4-8-14-25/h3-16,22-23,29,32H,17-20H2,1-2H3/b26-22-. The van der Waals surface area contributed by atoms with Crippen LogP contribution in [0.4, 0.5) is 5.69 Å². The Morgan fingerprint density at radius 3 is 1.94 bits per heavy atom. The lowest BCUT2D eigenvalue weighted by Gasteiger charge is -2.39. The minimum absolute atomic E-state index is 0.125. The lowest BCUT2D eigenvalue weighted by molar-refractivity contribution is -0.128. The molecule has 1 aliphatic rings. The first-order valence-electron chi connectivity index (χ1n) is 12.2. The van der Waals surface area contributed by atoms with Gasteiger partial charge >= 0.3 is 0 Å². The van der Waals surface area contributed by atoms with Crippen molar-refractivity contribution in [3.05, 3.63) is 113 Å². The number of nitriles is 1. The first-order chi connectivity index (χ1) is 17.1. The summed E-state index contributed by atoms with van der Waals surface area (Å²) in [6, 6.07) is 31.2. The molecule has 5 nitrogen and oxygen atoms in total. The summed E-state index contributed by atoms with van der Waals surface area (Å²) in [4.78, 5) is 17.4. The van der Waals surface area contributed by atoms with E-state index >= 15 is 0 Å². The molecule has 1 heterocycles. The first-order valence-corrected chi connectivity index (χ1v) is 12.2. The molecule has 178 valence electrons. The predicted octanol–water partition coefficient (Wildman–Crippen LogP) is 5.56. The van der Waals surface area contributed by atoms with E-state index in [1.807, 2.05) is 30.3 Å². The van der Waals surface area contributed by atoms with E-state index < -0.39 is 0 Å². The summed E-state index contributed by atoms with van der Waals surface area (Å²) < 4.78 is 0. The molecule has 5 heteroatoms. The van der Waals surface area contributed by atoms with Gasteiger partial charge in [-0.2, -0.15) is 5.26 Å². The van der Waals surface area contributed by atoms with Crippen molar-refractivity contribution in [1.82, 2.24) is 9.80 Å². The predicted molar refractivity (Wildman–Crippen MR) is 141 cm³/mol. The van der Waals surface area contributed by atoms with E-state index in [2.05, 4.69) is 84.7 Å². The summed E-state index contributed by atoms with van der Waals surface area (Å²) in [5.74, 6) is 0.112. The number of amides is 1. The van der Waals surface area contributed by atoms with Crippen molar-refractivity contribution in [1.29, 1.82) is 5.26 Å². The highest BCUT2D eigenvalue weighted by Crippen LogP contribution is 2.29. The molecule has 0 spiro atoms. The largest absolute Gasteiger partial charge is 0.360 e. The highest BCUT2D eigenvalue weighted by molar-refractivity contribution is 5.97. The zero-order valence-corrected chi connectivity index (χ0v) is 20.4. The maximum Gasteiger partial charge on any atom is 0.266 e. The quantitative estimate of drug-likeness (QED) is 0.367. The molecule has 3 aromatic rings. The molecule has 0 aliphatic carbocycles. The van der Waals surface area contributed by atoms with Gasteiger partial charge in [-0.3, -0.25) is 9.69 Å². The molecule has 0 aromatic heterocycles. The lowest BCUT2D eigenvalue weighted by Crippen LogP contribution is -2.50. The van der Waals surface area contributed by atoms with Crippen LogP contribution in [0.25, 0.3) is 0 Å². The zero-order valence-electron chi connectivity index (χ0n) is 20.4. The number of piperazine rings is 1. The van der Waals surface area contributed by atoms with Gasteiger partial charge in [0.1, 0.15) is 11.6 Å². The molecular formula is C30H32N4O. The fourth-order valence-electron chi connectivity index (χ4n) is 4.66. The van der Waals surface area contributed by atoms with Crippen molar-refractivity contribution in [3.63, 3.8) is 0 Å². The molecule has 0 saturated carbocycles. The number of carbonyl (C=O) groups excluding carboxylic acids is 1. The third kappa shape index (κ3) is 5.79. The van der Waals surface area contributed by atoms with Gasteiger partial charge in [-0.25, -0.2) is 0 Å². The molecule has 1 saturated heterocycles. The van der Waals surface area contributed by atoms with Crippen LogP contribution in [-0.2, 0) is 4.79 Å². The van der Waals surface area contributed by atoms with Gasteiger partial charge in [-0.15, -0.1) is 0 Å². The third-order valence-electron chi connectivity index (χ3n) is 6.50. The van der Waals surface area contributed by atoms with Crippen molar-refractivity contribution >= 4 is 11.6 Å². The van der Waals surface area contributed by atoms with E-state index in [0.717, 1.165) is 24.3 Å². The SMILES string of the molecule is CC(C)c1ccccc1N/C=C(/C#N)C(=O)N1CCN(C(c2ccccc2)c2ccccc2)CC1. The lowest BCUT2D eigenvalue weighted by atomic mass is 9.96. The van der Waals surface area contributed by atoms with E-state index in [1.165, 1.54) is 11.1 Å². The van der Waals surface area contributed by atoms with E-state index in [1.54, 1.807) is 11.1 Å². The third-order valence-corrected chi connectivity index (χ3v) is 6.50. The van der Waals surface area contributed by atoms with Crippen LogP contribution >= 0.6 is 0 Å². The molecule has 1 aliphatic heterocycles. The van der Waals surface area contributed by atoms with Gasteiger partial charge in [0, 0.05) is 38.1 Å². The van der Waals surface area contributed by atoms with E-state index in [9.17, 15) is 10.1 Å². The van der Waals surface area contributed by atoms with Crippen LogP contribution in [0.5, 0.6) is 0 Å². The van der Waals surface area contributed by atoms with Crippen molar-refractivity contribution in [3.8, 4) is 6.07 Å². The van der Waals surface area contributed by atoms with Gasteiger partial charge in [0.2, 0.25) is 0 Å². The molecule has 0 unspecified atom stereocenters. The summed E-state index contributed by atoms with van der Waals surface area (Å²) in [6.45, 7) is 6.88. The summed E-state index contributed by atoms with van der Waals surface area (Å²) in [7, 11) is 0. The molecule has 1 N–H and O–H groups in total. The molecule has 4 rings (SSSR count). The topological polar surface area (TPSA) is 59.4 Å². The minimum Gasteiger partial charge on any atom is -0.360 e. The molecule has 0 radical (unpaired) electrons. The highest BCUT2D eigenvalue weighted by atomic mass is 16.2. The van der Waals surface area contributed by atoms with Crippen LogP contribution in [-0.4, -0.2) is 41.9 Å². The molecule has 1 fully saturated rings. The fraction of sp³-hybridized carbons (Fsp3) is 0.267. The summed E-state index contributed by atoms with van der Waals surface area (Å²) in [6.07, 6.45) is 1.55. The van der Waals surface area contributed by atoms with Crippen LogP contribution in [0.2, 0.25) is 0 Å². The molecule has 1 amide bonds. The van der Waals surface area contributed by atoms with E-state index in [-0.39, 0.29) is 17.5 Å². The van der Waals surface area contributed by atoms with Crippen molar-refractivity contribution < 1.29 is 4.79 Å². The number of hydrogen-bond acceptors (Lipinski definition) is 4. The van der Waals surface area contributed by atoms with Crippen molar-refractivity contribution in [2.24, 2.45) is 0 Å². The van der Waals surface area contributed by atoms with Crippen LogP contribution in [0.15, 0.2) is 96.7 Å². The summed E-state index contributed by atoms with van der Waals surface area (Å²) in [5.41, 5.74) is 4.67. The molecular weight excluding hydrogens is 432 g/mol. The fourth-order valence-corrected chi connectivity index (χ4v) is 4.66. The normalized spacial score (nSPS) is 14.7. The second-order valence-corrected chi connectivity index (χ2v) is 9.11. The Kier molecular flexibility index (Phi) is 7.97. The number of carbonyl (C=O) groups is 1. The Balaban J connectivity index is 1.46. The number of para-hydroxylation sites is 1. The van der Waals surface area contributed by atoms with Crippen LogP contribution in [0, 0.1) is 11.3 Å². The smallest absolute Gasteiger partial charge is 0.266 e. The Bertz CT molecular complexity index is 1150. The van der Waals surface area contributed by atoms with E-state index in [4.69, 9.17) is 0 Å². The van der Waals surface area contributed by atoms with Gasteiger partial charge in [0.15, 0.2) is 0 Å². The van der Waals surface area contributed by atoms with Gasteiger partial charge < -0.3 is 10.2 Å². The summed E-state index contributed by atoms with van der Waals surface area (Å²) in [5, 5.41) is 12.9. The van der Waals surface area contributed by atoms with Crippen molar-refractivity contribution in [2.45, 2.75) is 25.8 Å². The van der Waals surface area contributed by atoms with Gasteiger partial charge in [0.05, 0.1) is 6.04 Å². The van der Waals surface area contributed by atoms with Gasteiger partial charge in [-0.05, 0) is 28.7 Å². The maximum absolute atomic E-state index is 13.2. The number of rotatable bonds is 7. The van der Waals surface area contributed by atoms with Gasteiger partial charge in [-0.1, -0.05) is 92.7 Å². The monoisotopic (exact) mass is 464 g/mol. The van der Waals surface area contributed by atoms with Crippen LogP contribution in [0.3, 0.4) is 0 Å². The number of nitrogens with zero attached hydrogens (tertiary/aromatic N) is 3. The van der Waals surface area contributed by atoms with Crippen LogP contribution < -0.4 is 5.32 Å². The number of anilines is 1. The van der Waals surface area contributed by atoms with Crippen molar-refractivity contribution in [2.75, 3.05) is 31.5 Å². The molecule has 0 atom stereocenters.